The van der Waals surface area contributed by atoms with E-state index in [4.69, 9.17) is 21.2 Å². The van der Waals surface area contributed by atoms with E-state index >= 15 is 0 Å². The number of amides is 1. The average Bonchev–Trinajstić information content (AvgIpc) is 3.00. The summed E-state index contributed by atoms with van der Waals surface area (Å²) in [6, 6.07) is 0. The van der Waals surface area contributed by atoms with Gasteiger partial charge in [-0.1, -0.05) is 5.16 Å². The average molecular weight is 404 g/mol. The van der Waals surface area contributed by atoms with E-state index in [2.05, 4.69) is 26.8 Å². The van der Waals surface area contributed by atoms with Crippen LogP contribution in [0.3, 0.4) is 0 Å². The van der Waals surface area contributed by atoms with Crippen LogP contribution >= 0.6 is 22.9 Å². The maximum Gasteiger partial charge on any atom is 0.376 e. The largest absolute Gasteiger partial charge is 0.464 e. The molecule has 26 heavy (non-hydrogen) atoms. The Labute approximate surface area is 159 Å². The number of carbonyl (C=O) groups is 3. The molecule has 0 aliphatic carbocycles. The van der Waals surface area contributed by atoms with Gasteiger partial charge in [0.1, 0.15) is 17.2 Å². The zero-order valence-electron chi connectivity index (χ0n) is 14.6. The maximum atomic E-state index is 11.9. The minimum atomic E-state index is -0.859. The number of oxime groups is 1. The quantitative estimate of drug-likeness (QED) is 0.185. The molecule has 142 valence electrons. The van der Waals surface area contributed by atoms with Gasteiger partial charge in [-0.15, -0.1) is 22.9 Å². The van der Waals surface area contributed by atoms with Gasteiger partial charge in [0, 0.05) is 5.38 Å². The van der Waals surface area contributed by atoms with Gasteiger partial charge >= 0.3 is 11.9 Å². The summed E-state index contributed by atoms with van der Waals surface area (Å²) in [4.78, 5) is 43.9. The van der Waals surface area contributed by atoms with Crippen molar-refractivity contribution in [3.63, 3.8) is 0 Å². The Hall–Kier alpha value is -2.46. The van der Waals surface area contributed by atoms with Crippen molar-refractivity contribution >= 4 is 51.6 Å². The lowest BCUT2D eigenvalue weighted by Gasteiger charge is -2.19. The number of anilines is 1. The first-order chi connectivity index (χ1) is 12.1. The third-order valence-electron chi connectivity index (χ3n) is 2.37. The lowest BCUT2D eigenvalue weighted by molar-refractivity contribution is -0.154. The van der Waals surface area contributed by atoms with Crippen molar-refractivity contribution in [2.24, 2.45) is 5.16 Å². The summed E-state index contributed by atoms with van der Waals surface area (Å²) in [7, 11) is 1.14. The van der Waals surface area contributed by atoms with E-state index < -0.39 is 29.2 Å². The standard InChI is InChI=1S/C15H18ClN3O6S/c1-8(12(21)24-15(2,3)4)25-19-11(13(22)23-5)9-7-26-14(17-9)18-10(20)6-16/h7H,1,6H2,2-5H3,(H,17,18,20)/b19-11-. The number of halogens is 1. The molecule has 1 amide bonds. The molecule has 0 unspecified atom stereocenters. The van der Waals surface area contributed by atoms with E-state index in [9.17, 15) is 14.4 Å². The van der Waals surface area contributed by atoms with Crippen LogP contribution in [-0.4, -0.2) is 47.1 Å². The Morgan fingerprint density at radius 1 is 1.35 bits per heavy atom. The molecule has 1 heterocycles. The molecule has 0 atom stereocenters. The highest BCUT2D eigenvalue weighted by Gasteiger charge is 2.23. The van der Waals surface area contributed by atoms with E-state index in [0.717, 1.165) is 18.4 Å². The lowest BCUT2D eigenvalue weighted by atomic mass is 10.2. The van der Waals surface area contributed by atoms with Gasteiger partial charge in [-0.05, 0) is 27.4 Å². The number of ether oxygens (including phenoxy) is 2. The Balaban J connectivity index is 2.95. The van der Waals surface area contributed by atoms with E-state index in [1.807, 2.05) is 0 Å². The highest BCUT2D eigenvalue weighted by atomic mass is 35.5. The van der Waals surface area contributed by atoms with Gasteiger partial charge in [-0.25, -0.2) is 14.6 Å². The topological polar surface area (TPSA) is 116 Å². The summed E-state index contributed by atoms with van der Waals surface area (Å²) < 4.78 is 9.67. The van der Waals surface area contributed by atoms with Crippen LogP contribution in [0.25, 0.3) is 0 Å². The predicted molar refractivity (Wildman–Crippen MR) is 96.1 cm³/mol. The number of nitrogens with one attached hydrogen (secondary N) is 1. The molecular weight excluding hydrogens is 386 g/mol. The fourth-order valence-electron chi connectivity index (χ4n) is 1.35. The molecule has 1 aromatic heterocycles. The molecule has 0 aliphatic rings. The summed E-state index contributed by atoms with van der Waals surface area (Å²) in [6.45, 7) is 8.42. The summed E-state index contributed by atoms with van der Waals surface area (Å²) >= 11 is 6.44. The van der Waals surface area contributed by atoms with Crippen molar-refractivity contribution < 1.29 is 28.7 Å². The van der Waals surface area contributed by atoms with Crippen LogP contribution in [0.15, 0.2) is 22.9 Å². The highest BCUT2D eigenvalue weighted by molar-refractivity contribution is 7.14. The molecule has 1 rings (SSSR count). The second-order valence-corrected chi connectivity index (χ2v) is 6.79. The number of nitrogens with zero attached hydrogens (tertiary/aromatic N) is 2. The maximum absolute atomic E-state index is 11.9. The molecule has 0 spiro atoms. The Morgan fingerprint density at radius 3 is 2.54 bits per heavy atom. The number of esters is 2. The third-order valence-corrected chi connectivity index (χ3v) is 3.37. The molecule has 11 heteroatoms. The van der Waals surface area contributed by atoms with Crippen LogP contribution in [0.5, 0.6) is 0 Å². The number of rotatable bonds is 7. The molecule has 0 fully saturated rings. The molecule has 0 saturated carbocycles. The molecule has 0 aliphatic heterocycles. The Morgan fingerprint density at radius 2 is 2.00 bits per heavy atom. The molecule has 9 nitrogen and oxygen atoms in total. The third kappa shape index (κ3) is 6.81. The van der Waals surface area contributed by atoms with Crippen LogP contribution in [-0.2, 0) is 28.7 Å². The van der Waals surface area contributed by atoms with Crippen LogP contribution in [0.2, 0.25) is 0 Å². The van der Waals surface area contributed by atoms with Crippen molar-refractivity contribution in [2.75, 3.05) is 18.3 Å². The van der Waals surface area contributed by atoms with Crippen molar-refractivity contribution in [1.29, 1.82) is 0 Å². The first kappa shape index (κ1) is 21.6. The molecule has 0 saturated heterocycles. The summed E-state index contributed by atoms with van der Waals surface area (Å²) in [5, 5.41) is 7.65. The first-order valence-corrected chi connectivity index (χ1v) is 8.56. The second kappa shape index (κ2) is 9.30. The number of aromatic nitrogens is 1. The normalized spacial score (nSPS) is 11.5. The summed E-state index contributed by atoms with van der Waals surface area (Å²) in [6.07, 6.45) is 0. The van der Waals surface area contributed by atoms with Gasteiger partial charge in [0.05, 0.1) is 7.11 Å². The number of methoxy groups -OCH3 is 1. The fraction of sp³-hybridized carbons (Fsp3) is 0.400. The monoisotopic (exact) mass is 403 g/mol. The minimum Gasteiger partial charge on any atom is -0.464 e. The molecule has 0 bridgehead atoms. The lowest BCUT2D eigenvalue weighted by Crippen LogP contribution is -2.25. The van der Waals surface area contributed by atoms with Crippen molar-refractivity contribution in [1.82, 2.24) is 4.98 Å². The Kier molecular flexibility index (Phi) is 7.72. The highest BCUT2D eigenvalue weighted by Crippen LogP contribution is 2.17. The number of thiazole rings is 1. The van der Waals surface area contributed by atoms with E-state index in [-0.39, 0.29) is 22.4 Å². The number of carbonyl (C=O) groups excluding carboxylic acids is 3. The van der Waals surface area contributed by atoms with Gasteiger partial charge in [-0.3, -0.25) is 4.79 Å². The van der Waals surface area contributed by atoms with E-state index in [0.29, 0.717) is 0 Å². The van der Waals surface area contributed by atoms with Crippen LogP contribution in [0, 0.1) is 0 Å². The fourth-order valence-corrected chi connectivity index (χ4v) is 2.13. The van der Waals surface area contributed by atoms with Gasteiger partial charge in [0.15, 0.2) is 5.13 Å². The zero-order chi connectivity index (χ0) is 19.9. The summed E-state index contributed by atoms with van der Waals surface area (Å²) in [5.41, 5.74) is -0.994. The van der Waals surface area contributed by atoms with Gasteiger partial charge < -0.3 is 19.6 Å². The first-order valence-electron chi connectivity index (χ1n) is 7.14. The van der Waals surface area contributed by atoms with Crippen LogP contribution in [0.4, 0.5) is 5.13 Å². The van der Waals surface area contributed by atoms with E-state index in [1.54, 1.807) is 20.8 Å². The Bertz CT molecular complexity index is 738. The molecular formula is C15H18ClN3O6S. The number of hydrogen-bond acceptors (Lipinski definition) is 9. The van der Waals surface area contributed by atoms with Gasteiger partial charge in [0.25, 0.3) is 0 Å². The number of alkyl halides is 1. The minimum absolute atomic E-state index is 0.0729. The summed E-state index contributed by atoms with van der Waals surface area (Å²) in [5.74, 6) is -2.82. The smallest absolute Gasteiger partial charge is 0.376 e. The van der Waals surface area contributed by atoms with Crippen molar-refractivity contribution in [3.05, 3.63) is 23.4 Å². The van der Waals surface area contributed by atoms with E-state index in [1.165, 1.54) is 5.38 Å². The van der Waals surface area contributed by atoms with Crippen molar-refractivity contribution in [3.8, 4) is 0 Å². The molecule has 1 N–H and O–H groups in total. The second-order valence-electron chi connectivity index (χ2n) is 5.67. The van der Waals surface area contributed by atoms with Crippen molar-refractivity contribution in [2.45, 2.75) is 26.4 Å². The SMILES string of the molecule is C=C(O/N=C(\C(=O)OC)c1csc(NC(=O)CCl)n1)C(=O)OC(C)(C)C. The molecule has 0 aromatic carbocycles. The molecule has 0 radical (unpaired) electrons. The van der Waals surface area contributed by atoms with Crippen LogP contribution < -0.4 is 5.32 Å². The van der Waals surface area contributed by atoms with Gasteiger partial charge in [-0.2, -0.15) is 0 Å². The molecule has 1 aromatic rings. The van der Waals surface area contributed by atoms with Crippen LogP contribution in [0.1, 0.15) is 26.5 Å². The van der Waals surface area contributed by atoms with Gasteiger partial charge in [0.2, 0.25) is 17.4 Å². The zero-order valence-corrected chi connectivity index (χ0v) is 16.2. The number of hydrogen-bond donors (Lipinski definition) is 1. The predicted octanol–water partition coefficient (Wildman–Crippen LogP) is 2.07.